The zero-order valence-corrected chi connectivity index (χ0v) is 11.5. The summed E-state index contributed by atoms with van der Waals surface area (Å²) in [6.07, 6.45) is 0. The van der Waals surface area contributed by atoms with Gasteiger partial charge < -0.3 is 9.84 Å². The molecule has 20 heavy (non-hydrogen) atoms. The second-order valence-corrected chi connectivity index (χ2v) is 5.82. The molecule has 5 nitrogen and oxygen atoms in total. The van der Waals surface area contributed by atoms with Crippen LogP contribution in [0.3, 0.4) is 0 Å². The summed E-state index contributed by atoms with van der Waals surface area (Å²) in [4.78, 5) is 0.106. The number of benzene rings is 2. The van der Waals surface area contributed by atoms with Crippen LogP contribution in [0.25, 0.3) is 0 Å². The Morgan fingerprint density at radius 3 is 2.30 bits per heavy atom. The van der Waals surface area contributed by atoms with E-state index in [1.165, 1.54) is 24.3 Å². The molecule has 106 valence electrons. The van der Waals surface area contributed by atoms with E-state index in [1.54, 1.807) is 12.1 Å². The van der Waals surface area contributed by atoms with Crippen LogP contribution in [0, 0.1) is 0 Å². The van der Waals surface area contributed by atoms with Crippen molar-refractivity contribution in [2.24, 2.45) is 0 Å². The highest BCUT2D eigenvalue weighted by Gasteiger charge is 2.12. The summed E-state index contributed by atoms with van der Waals surface area (Å²) in [6.45, 7) is 0.402. The monoisotopic (exact) mass is 293 g/mol. The lowest BCUT2D eigenvalue weighted by Gasteiger charge is -2.08. The van der Waals surface area contributed by atoms with Crippen LogP contribution in [0.4, 0.5) is 0 Å². The minimum Gasteiger partial charge on any atom is -0.508 e. The summed E-state index contributed by atoms with van der Waals surface area (Å²) in [5.41, 5.74) is 0. The number of nitrogens with one attached hydrogen (secondary N) is 1. The molecule has 2 aromatic carbocycles. The zero-order valence-electron chi connectivity index (χ0n) is 10.7. The van der Waals surface area contributed by atoms with Crippen LogP contribution in [0.5, 0.6) is 11.5 Å². The van der Waals surface area contributed by atoms with E-state index in [-0.39, 0.29) is 23.8 Å². The topological polar surface area (TPSA) is 75.6 Å². The molecule has 0 aliphatic carbocycles. The molecule has 0 unspecified atom stereocenters. The zero-order chi connectivity index (χ0) is 14.4. The third kappa shape index (κ3) is 3.97. The number of hydrogen-bond donors (Lipinski definition) is 2. The summed E-state index contributed by atoms with van der Waals surface area (Å²) >= 11 is 0. The lowest BCUT2D eigenvalue weighted by molar-refractivity contribution is 0.323. The van der Waals surface area contributed by atoms with Crippen molar-refractivity contribution in [3.05, 3.63) is 54.6 Å². The van der Waals surface area contributed by atoms with E-state index in [2.05, 4.69) is 4.72 Å². The number of ether oxygens (including phenoxy) is 1. The third-order valence-electron chi connectivity index (χ3n) is 2.55. The number of rotatable bonds is 6. The number of para-hydroxylation sites is 1. The average Bonchev–Trinajstić information content (AvgIpc) is 2.45. The minimum atomic E-state index is -3.57. The lowest BCUT2D eigenvalue weighted by atomic mass is 10.3. The van der Waals surface area contributed by atoms with Crippen molar-refractivity contribution in [2.75, 3.05) is 13.2 Å². The summed E-state index contributed by atoms with van der Waals surface area (Å²) in [6, 6.07) is 14.5. The van der Waals surface area contributed by atoms with Gasteiger partial charge in [0.2, 0.25) is 10.0 Å². The maximum atomic E-state index is 11.9. The molecule has 0 radical (unpaired) electrons. The Kier molecular flexibility index (Phi) is 4.60. The van der Waals surface area contributed by atoms with E-state index in [1.807, 2.05) is 18.2 Å². The normalized spacial score (nSPS) is 11.2. The Balaban J connectivity index is 1.85. The van der Waals surface area contributed by atoms with Gasteiger partial charge in [0.15, 0.2) is 0 Å². The van der Waals surface area contributed by atoms with E-state index in [0.717, 1.165) is 0 Å². The number of phenols is 1. The number of sulfonamides is 1. The fraction of sp³-hybridized carbons (Fsp3) is 0.143. The second-order valence-electron chi connectivity index (χ2n) is 4.05. The SMILES string of the molecule is O=S(=O)(NCCOc1ccccc1)c1ccc(O)cc1. The van der Waals surface area contributed by atoms with Gasteiger partial charge >= 0.3 is 0 Å². The molecule has 0 heterocycles. The molecule has 2 N–H and O–H groups in total. The molecule has 0 bridgehead atoms. The quantitative estimate of drug-likeness (QED) is 0.796. The molecule has 0 saturated carbocycles. The summed E-state index contributed by atoms with van der Waals surface area (Å²) in [7, 11) is -3.57. The van der Waals surface area contributed by atoms with Gasteiger partial charge in [0.25, 0.3) is 0 Å². The smallest absolute Gasteiger partial charge is 0.240 e. The Hall–Kier alpha value is -2.05. The standard InChI is InChI=1S/C14H15NO4S/c16-12-6-8-14(9-7-12)20(17,18)15-10-11-19-13-4-2-1-3-5-13/h1-9,15-16H,10-11H2. The second kappa shape index (κ2) is 6.40. The van der Waals surface area contributed by atoms with Gasteiger partial charge in [0.1, 0.15) is 18.1 Å². The fourth-order valence-corrected chi connectivity index (χ4v) is 2.58. The van der Waals surface area contributed by atoms with Crippen molar-refractivity contribution in [3.63, 3.8) is 0 Å². The van der Waals surface area contributed by atoms with Gasteiger partial charge in [-0.1, -0.05) is 18.2 Å². The predicted molar refractivity (Wildman–Crippen MR) is 75.2 cm³/mol. The molecular weight excluding hydrogens is 278 g/mol. The average molecular weight is 293 g/mol. The molecule has 2 aromatic rings. The van der Waals surface area contributed by atoms with Crippen LogP contribution in [-0.2, 0) is 10.0 Å². The van der Waals surface area contributed by atoms with Crippen LogP contribution >= 0.6 is 0 Å². The molecule has 0 atom stereocenters. The summed E-state index contributed by atoms with van der Waals surface area (Å²) in [5, 5.41) is 9.13. The van der Waals surface area contributed by atoms with E-state index in [9.17, 15) is 8.42 Å². The molecule has 2 rings (SSSR count). The van der Waals surface area contributed by atoms with Gasteiger partial charge in [-0.15, -0.1) is 0 Å². The molecule has 0 fully saturated rings. The first-order valence-corrected chi connectivity index (χ1v) is 7.53. The van der Waals surface area contributed by atoms with Crippen molar-refractivity contribution >= 4 is 10.0 Å². The van der Waals surface area contributed by atoms with E-state index < -0.39 is 10.0 Å². The lowest BCUT2D eigenvalue weighted by Crippen LogP contribution is -2.28. The first kappa shape index (κ1) is 14.4. The molecule has 0 aliphatic heterocycles. The molecule has 0 spiro atoms. The van der Waals surface area contributed by atoms with Crippen molar-refractivity contribution in [1.29, 1.82) is 0 Å². The van der Waals surface area contributed by atoms with Gasteiger partial charge in [-0.05, 0) is 36.4 Å². The first-order valence-electron chi connectivity index (χ1n) is 6.04. The fourth-order valence-electron chi connectivity index (χ4n) is 1.57. The van der Waals surface area contributed by atoms with E-state index in [0.29, 0.717) is 5.75 Å². The van der Waals surface area contributed by atoms with Crippen LogP contribution in [0.15, 0.2) is 59.5 Å². The largest absolute Gasteiger partial charge is 0.508 e. The molecule has 0 amide bonds. The van der Waals surface area contributed by atoms with Crippen LogP contribution in [0.1, 0.15) is 0 Å². The van der Waals surface area contributed by atoms with E-state index >= 15 is 0 Å². The Labute approximate surface area is 117 Å². The Bertz CT molecular complexity index is 639. The van der Waals surface area contributed by atoms with Crippen molar-refractivity contribution in [1.82, 2.24) is 4.72 Å². The maximum Gasteiger partial charge on any atom is 0.240 e. The van der Waals surface area contributed by atoms with Crippen LogP contribution in [-0.4, -0.2) is 26.7 Å². The highest BCUT2D eigenvalue weighted by molar-refractivity contribution is 7.89. The van der Waals surface area contributed by atoms with Crippen molar-refractivity contribution < 1.29 is 18.3 Å². The van der Waals surface area contributed by atoms with Crippen LogP contribution < -0.4 is 9.46 Å². The number of phenolic OH excluding ortho intramolecular Hbond substituents is 1. The Morgan fingerprint density at radius 2 is 1.65 bits per heavy atom. The molecule has 6 heteroatoms. The van der Waals surface area contributed by atoms with Crippen molar-refractivity contribution in [3.8, 4) is 11.5 Å². The van der Waals surface area contributed by atoms with Crippen LogP contribution in [0.2, 0.25) is 0 Å². The summed E-state index contributed by atoms with van der Waals surface area (Å²) < 4.78 is 31.6. The van der Waals surface area contributed by atoms with E-state index in [4.69, 9.17) is 9.84 Å². The molecule has 0 aliphatic rings. The third-order valence-corrected chi connectivity index (χ3v) is 4.03. The van der Waals surface area contributed by atoms with Gasteiger partial charge in [0.05, 0.1) is 4.90 Å². The minimum absolute atomic E-state index is 0.0244. The van der Waals surface area contributed by atoms with Gasteiger partial charge in [-0.25, -0.2) is 13.1 Å². The summed E-state index contributed by atoms with van der Waals surface area (Å²) in [5.74, 6) is 0.715. The van der Waals surface area contributed by atoms with Gasteiger partial charge in [0, 0.05) is 6.54 Å². The van der Waals surface area contributed by atoms with Gasteiger partial charge in [-0.3, -0.25) is 0 Å². The molecule has 0 aromatic heterocycles. The first-order chi connectivity index (χ1) is 9.58. The highest BCUT2D eigenvalue weighted by atomic mass is 32.2. The highest BCUT2D eigenvalue weighted by Crippen LogP contribution is 2.14. The Morgan fingerprint density at radius 1 is 1.00 bits per heavy atom. The predicted octanol–water partition coefficient (Wildman–Crippen LogP) is 1.75. The van der Waals surface area contributed by atoms with Gasteiger partial charge in [-0.2, -0.15) is 0 Å². The number of aromatic hydroxyl groups is 1. The maximum absolute atomic E-state index is 11.9. The van der Waals surface area contributed by atoms with Crippen molar-refractivity contribution in [2.45, 2.75) is 4.90 Å². The number of hydrogen-bond acceptors (Lipinski definition) is 4. The molecular formula is C14H15NO4S. The molecule has 0 saturated heterocycles.